The Hall–Kier alpha value is -0.760. The first kappa shape index (κ1) is 13.7. The molecular weight excluding hydrogens is 359 g/mol. The minimum Gasteiger partial charge on any atom is -0.368 e. The van der Waals surface area contributed by atoms with Crippen LogP contribution in [-0.2, 0) is 5.75 Å². The van der Waals surface area contributed by atoms with Gasteiger partial charge in [-0.05, 0) is 54.1 Å². The molecule has 0 aliphatic heterocycles. The summed E-state index contributed by atoms with van der Waals surface area (Å²) in [6, 6.07) is 8.76. The first-order chi connectivity index (χ1) is 8.58. The van der Waals surface area contributed by atoms with E-state index in [4.69, 9.17) is 5.73 Å². The highest BCUT2D eigenvalue weighted by atomic mass is 127. The maximum atomic E-state index is 5.81. The molecule has 1 heterocycles. The minimum absolute atomic E-state index is 0.277. The smallest absolute Gasteiger partial charge is 0.222 e. The van der Waals surface area contributed by atoms with E-state index < -0.39 is 0 Å². The van der Waals surface area contributed by atoms with Crippen LogP contribution in [0, 0.1) is 3.57 Å². The predicted molar refractivity (Wildman–Crippen MR) is 83.5 cm³/mol. The average molecular weight is 374 g/mol. The largest absolute Gasteiger partial charge is 0.368 e. The molecule has 0 aliphatic carbocycles. The Morgan fingerprint density at radius 1 is 1.28 bits per heavy atom. The van der Waals surface area contributed by atoms with Gasteiger partial charge in [0.1, 0.15) is 0 Å². The molecule has 0 atom stereocenters. The summed E-state index contributed by atoms with van der Waals surface area (Å²) in [6.07, 6.45) is 0. The fraction of sp³-hybridized carbons (Fsp3) is 0.333. The third-order valence-electron chi connectivity index (χ3n) is 2.49. The van der Waals surface area contributed by atoms with Crippen molar-refractivity contribution in [1.82, 2.24) is 14.8 Å². The van der Waals surface area contributed by atoms with Gasteiger partial charge in [-0.3, -0.25) is 4.57 Å². The van der Waals surface area contributed by atoms with E-state index in [9.17, 15) is 0 Å². The molecule has 1 aromatic heterocycles. The predicted octanol–water partition coefficient (Wildman–Crippen LogP) is 3.34. The summed E-state index contributed by atoms with van der Waals surface area (Å²) >= 11 is 3.97. The Morgan fingerprint density at radius 2 is 1.94 bits per heavy atom. The average Bonchev–Trinajstić information content (AvgIpc) is 2.70. The summed E-state index contributed by atoms with van der Waals surface area (Å²) in [5.41, 5.74) is 7.08. The van der Waals surface area contributed by atoms with Crippen LogP contribution in [0.5, 0.6) is 0 Å². The van der Waals surface area contributed by atoms with E-state index in [2.05, 4.69) is 70.9 Å². The molecule has 1 aromatic carbocycles. The Labute approximate surface area is 124 Å². The highest BCUT2D eigenvalue weighted by Crippen LogP contribution is 2.25. The minimum atomic E-state index is 0.277. The maximum Gasteiger partial charge on any atom is 0.222 e. The van der Waals surface area contributed by atoms with Gasteiger partial charge >= 0.3 is 0 Å². The lowest BCUT2D eigenvalue weighted by Crippen LogP contribution is -2.06. The van der Waals surface area contributed by atoms with Crippen LogP contribution in [0.25, 0.3) is 0 Å². The number of nitrogen functional groups attached to an aromatic ring is 1. The summed E-state index contributed by atoms with van der Waals surface area (Å²) in [7, 11) is 0. The first-order valence-corrected chi connectivity index (χ1v) is 7.72. The number of halogens is 1. The molecule has 4 nitrogen and oxygen atoms in total. The second-order valence-corrected chi connectivity index (χ2v) is 6.41. The van der Waals surface area contributed by atoms with Crippen molar-refractivity contribution in [2.45, 2.75) is 30.8 Å². The molecule has 0 bridgehead atoms. The number of hydrogen-bond donors (Lipinski definition) is 1. The molecule has 18 heavy (non-hydrogen) atoms. The van der Waals surface area contributed by atoms with Crippen molar-refractivity contribution in [3.63, 3.8) is 0 Å². The van der Waals surface area contributed by atoms with Gasteiger partial charge in [0.05, 0.1) is 0 Å². The van der Waals surface area contributed by atoms with E-state index in [1.54, 1.807) is 11.8 Å². The zero-order valence-corrected chi connectivity index (χ0v) is 13.3. The van der Waals surface area contributed by atoms with Crippen molar-refractivity contribution in [3.8, 4) is 0 Å². The second kappa shape index (κ2) is 5.92. The summed E-state index contributed by atoms with van der Waals surface area (Å²) < 4.78 is 3.20. The van der Waals surface area contributed by atoms with Crippen LogP contribution in [0.15, 0.2) is 29.4 Å². The van der Waals surface area contributed by atoms with Gasteiger partial charge in [-0.25, -0.2) is 0 Å². The quantitative estimate of drug-likeness (QED) is 0.659. The van der Waals surface area contributed by atoms with Gasteiger partial charge in [0, 0.05) is 15.4 Å². The number of anilines is 1. The Bertz CT molecular complexity index is 521. The number of nitrogens with two attached hydrogens (primary N) is 1. The number of aromatic nitrogens is 3. The van der Waals surface area contributed by atoms with E-state index in [-0.39, 0.29) is 6.04 Å². The normalized spacial score (nSPS) is 11.1. The lowest BCUT2D eigenvalue weighted by molar-refractivity contribution is 0.557. The van der Waals surface area contributed by atoms with Crippen LogP contribution in [0.3, 0.4) is 0 Å². The van der Waals surface area contributed by atoms with Crippen LogP contribution >= 0.6 is 34.4 Å². The SMILES string of the molecule is CC(C)n1c(N)nnc1SCc1ccc(I)cc1. The zero-order chi connectivity index (χ0) is 13.1. The fourth-order valence-electron chi connectivity index (χ4n) is 1.60. The maximum absolute atomic E-state index is 5.81. The van der Waals surface area contributed by atoms with Crippen molar-refractivity contribution < 1.29 is 0 Å². The third kappa shape index (κ3) is 3.17. The van der Waals surface area contributed by atoms with Gasteiger partial charge < -0.3 is 5.73 Å². The standard InChI is InChI=1S/C12H15IN4S/c1-8(2)17-11(14)15-16-12(17)18-7-9-3-5-10(13)6-4-9/h3-6,8H,7H2,1-2H3,(H2,14,15). The summed E-state index contributed by atoms with van der Waals surface area (Å²) in [5.74, 6) is 1.36. The number of benzene rings is 1. The van der Waals surface area contributed by atoms with Crippen LogP contribution in [0.1, 0.15) is 25.5 Å². The van der Waals surface area contributed by atoms with E-state index in [0.29, 0.717) is 5.95 Å². The second-order valence-electron chi connectivity index (χ2n) is 4.22. The molecule has 0 fully saturated rings. The van der Waals surface area contributed by atoms with E-state index in [0.717, 1.165) is 10.9 Å². The lowest BCUT2D eigenvalue weighted by Gasteiger charge is -2.11. The van der Waals surface area contributed by atoms with Gasteiger partial charge in [0.25, 0.3) is 0 Å². The van der Waals surface area contributed by atoms with E-state index >= 15 is 0 Å². The molecule has 0 radical (unpaired) electrons. The highest BCUT2D eigenvalue weighted by molar-refractivity contribution is 14.1. The van der Waals surface area contributed by atoms with Gasteiger partial charge in [-0.2, -0.15) is 0 Å². The molecule has 0 unspecified atom stereocenters. The molecule has 96 valence electrons. The van der Waals surface area contributed by atoms with Gasteiger partial charge in [-0.1, -0.05) is 23.9 Å². The summed E-state index contributed by atoms with van der Waals surface area (Å²) in [6.45, 7) is 4.16. The Kier molecular flexibility index (Phi) is 4.50. The van der Waals surface area contributed by atoms with Gasteiger partial charge in [0.15, 0.2) is 5.16 Å². The van der Waals surface area contributed by atoms with Crippen LogP contribution < -0.4 is 5.73 Å². The van der Waals surface area contributed by atoms with E-state index in [1.807, 2.05) is 4.57 Å². The number of hydrogen-bond acceptors (Lipinski definition) is 4. The van der Waals surface area contributed by atoms with Crippen molar-refractivity contribution in [3.05, 3.63) is 33.4 Å². The Morgan fingerprint density at radius 3 is 2.56 bits per heavy atom. The molecule has 0 saturated heterocycles. The molecule has 0 amide bonds. The molecule has 0 spiro atoms. The van der Waals surface area contributed by atoms with Crippen LogP contribution in [-0.4, -0.2) is 14.8 Å². The van der Waals surface area contributed by atoms with Crippen molar-refractivity contribution in [2.24, 2.45) is 0 Å². The lowest BCUT2D eigenvalue weighted by atomic mass is 10.2. The fourth-order valence-corrected chi connectivity index (χ4v) is 2.99. The molecule has 2 N–H and O–H groups in total. The molecule has 2 rings (SSSR count). The number of nitrogens with zero attached hydrogens (tertiary/aromatic N) is 3. The van der Waals surface area contributed by atoms with Gasteiger partial charge in [0.2, 0.25) is 5.95 Å². The van der Waals surface area contributed by atoms with Crippen molar-refractivity contribution >= 4 is 40.3 Å². The Balaban J connectivity index is 2.08. The van der Waals surface area contributed by atoms with Crippen molar-refractivity contribution in [2.75, 3.05) is 5.73 Å². The summed E-state index contributed by atoms with van der Waals surface area (Å²) in [5, 5.41) is 8.93. The summed E-state index contributed by atoms with van der Waals surface area (Å²) in [4.78, 5) is 0. The highest BCUT2D eigenvalue weighted by Gasteiger charge is 2.12. The molecule has 6 heteroatoms. The number of thioether (sulfide) groups is 1. The van der Waals surface area contributed by atoms with Crippen LogP contribution in [0.2, 0.25) is 0 Å². The third-order valence-corrected chi connectivity index (χ3v) is 4.22. The molecule has 0 aliphatic rings. The number of rotatable bonds is 4. The van der Waals surface area contributed by atoms with Crippen LogP contribution in [0.4, 0.5) is 5.95 Å². The monoisotopic (exact) mass is 374 g/mol. The molecule has 2 aromatic rings. The van der Waals surface area contributed by atoms with Gasteiger partial charge in [-0.15, -0.1) is 10.2 Å². The topological polar surface area (TPSA) is 56.7 Å². The zero-order valence-electron chi connectivity index (χ0n) is 10.3. The molecular formula is C12H15IN4S. The van der Waals surface area contributed by atoms with Crippen molar-refractivity contribution in [1.29, 1.82) is 0 Å². The first-order valence-electron chi connectivity index (χ1n) is 5.65. The molecule has 0 saturated carbocycles. The van der Waals surface area contributed by atoms with E-state index in [1.165, 1.54) is 9.13 Å².